The number of nitrogens with zero attached hydrogens (tertiary/aromatic N) is 1. The Morgan fingerprint density at radius 2 is 1.87 bits per heavy atom. The molecule has 1 N–H and O–H groups in total. The largest absolute Gasteiger partial charge is 0.492 e. The summed E-state index contributed by atoms with van der Waals surface area (Å²) < 4.78 is 33.1. The lowest BCUT2D eigenvalue weighted by molar-refractivity contribution is -0.120. The van der Waals surface area contributed by atoms with Crippen LogP contribution in [0.5, 0.6) is 5.75 Å². The number of hydrogen-bond donors (Lipinski definition) is 1. The van der Waals surface area contributed by atoms with Crippen LogP contribution < -0.4 is 10.1 Å². The third-order valence-electron chi connectivity index (χ3n) is 5.18. The number of carbonyl (C=O) groups excluding carboxylic acids is 2. The Hall–Kier alpha value is -2.42. The summed E-state index contributed by atoms with van der Waals surface area (Å²) in [5.41, 5.74) is 1.07. The highest BCUT2D eigenvalue weighted by Gasteiger charge is 2.34. The predicted octanol–water partition coefficient (Wildman–Crippen LogP) is 3.98. The number of hydrogen-bond acceptors (Lipinski definition) is 5. The monoisotopic (exact) mass is 464 g/mol. The average molecular weight is 465 g/mol. The van der Waals surface area contributed by atoms with Gasteiger partial charge in [-0.05, 0) is 57.0 Å². The molecule has 0 aromatic heterocycles. The zero-order valence-corrected chi connectivity index (χ0v) is 19.0. The summed E-state index contributed by atoms with van der Waals surface area (Å²) in [4.78, 5) is 24.2. The van der Waals surface area contributed by atoms with Gasteiger partial charge < -0.3 is 10.1 Å². The van der Waals surface area contributed by atoms with Crippen LogP contribution in [0.1, 0.15) is 37.0 Å². The Morgan fingerprint density at radius 3 is 2.52 bits per heavy atom. The minimum Gasteiger partial charge on any atom is -0.492 e. The number of Topliss-reactive ketones (excluding diaryl/α,β-unsaturated/α-hetero) is 1. The Kier molecular flexibility index (Phi) is 7.35. The third kappa shape index (κ3) is 5.44. The lowest BCUT2D eigenvalue weighted by Crippen LogP contribution is -2.41. The summed E-state index contributed by atoms with van der Waals surface area (Å²) in [6, 6.07) is 11.3. The van der Waals surface area contributed by atoms with Crippen LogP contribution in [0.15, 0.2) is 47.4 Å². The van der Waals surface area contributed by atoms with Crippen LogP contribution >= 0.6 is 11.6 Å². The number of nitrogens with one attached hydrogen (secondary N) is 1. The molecule has 0 aliphatic carbocycles. The number of piperidine rings is 1. The van der Waals surface area contributed by atoms with Crippen molar-refractivity contribution in [3.8, 4) is 5.75 Å². The number of halogens is 1. The molecule has 1 amide bonds. The normalized spacial score (nSPS) is 15.5. The number of carbonyl (C=O) groups is 2. The van der Waals surface area contributed by atoms with Gasteiger partial charge in [0, 0.05) is 35.3 Å². The second kappa shape index (κ2) is 9.80. The maximum absolute atomic E-state index is 13.2. The maximum atomic E-state index is 13.2. The van der Waals surface area contributed by atoms with Gasteiger partial charge in [-0.1, -0.05) is 23.7 Å². The average Bonchev–Trinajstić information content (AvgIpc) is 2.75. The second-order valence-electron chi connectivity index (χ2n) is 7.33. The smallest absolute Gasteiger partial charge is 0.246 e. The van der Waals surface area contributed by atoms with Crippen LogP contribution in [-0.4, -0.2) is 44.1 Å². The molecule has 31 heavy (non-hydrogen) atoms. The first-order valence-corrected chi connectivity index (χ1v) is 11.9. The third-order valence-corrected chi connectivity index (χ3v) is 7.34. The van der Waals surface area contributed by atoms with Crippen LogP contribution in [0, 0.1) is 5.92 Å². The molecule has 3 rings (SSSR count). The van der Waals surface area contributed by atoms with Gasteiger partial charge in [0.1, 0.15) is 10.6 Å². The molecule has 1 saturated heterocycles. The fourth-order valence-electron chi connectivity index (χ4n) is 3.52. The Labute approximate surface area is 187 Å². The highest BCUT2D eigenvalue weighted by atomic mass is 35.5. The molecule has 2 aromatic carbocycles. The number of anilines is 1. The van der Waals surface area contributed by atoms with Crippen molar-refractivity contribution in [3.05, 3.63) is 53.1 Å². The number of amides is 1. The number of sulfonamides is 1. The van der Waals surface area contributed by atoms with Gasteiger partial charge in [-0.15, -0.1) is 0 Å². The summed E-state index contributed by atoms with van der Waals surface area (Å²) in [6.45, 7) is 4.00. The van der Waals surface area contributed by atoms with Crippen molar-refractivity contribution in [1.29, 1.82) is 0 Å². The van der Waals surface area contributed by atoms with E-state index in [-0.39, 0.29) is 41.3 Å². The molecule has 0 radical (unpaired) electrons. The van der Waals surface area contributed by atoms with Gasteiger partial charge in [0.15, 0.2) is 5.78 Å². The first-order valence-electron chi connectivity index (χ1n) is 10.1. The predicted molar refractivity (Wildman–Crippen MR) is 119 cm³/mol. The number of ketones is 1. The molecule has 166 valence electrons. The molecule has 1 aliphatic heterocycles. The minimum atomic E-state index is -3.81. The molecule has 0 bridgehead atoms. The second-order valence-corrected chi connectivity index (χ2v) is 9.67. The zero-order chi connectivity index (χ0) is 22.6. The Balaban J connectivity index is 1.68. The quantitative estimate of drug-likeness (QED) is 0.625. The Morgan fingerprint density at radius 1 is 1.16 bits per heavy atom. The van der Waals surface area contributed by atoms with Crippen molar-refractivity contribution in [3.63, 3.8) is 0 Å². The summed E-state index contributed by atoms with van der Waals surface area (Å²) in [6.07, 6.45) is 0.782. The van der Waals surface area contributed by atoms with Crippen LogP contribution in [0.3, 0.4) is 0 Å². The molecular formula is C22H25ClN2O5S. The van der Waals surface area contributed by atoms with Gasteiger partial charge >= 0.3 is 0 Å². The molecule has 1 aliphatic rings. The van der Waals surface area contributed by atoms with E-state index in [1.165, 1.54) is 17.3 Å². The fraction of sp³-hybridized carbons (Fsp3) is 0.364. The van der Waals surface area contributed by atoms with Gasteiger partial charge in [-0.3, -0.25) is 9.59 Å². The number of ether oxygens (including phenoxy) is 1. The molecule has 0 spiro atoms. The fourth-order valence-corrected chi connectivity index (χ4v) is 5.38. The van der Waals surface area contributed by atoms with Crippen molar-refractivity contribution < 1.29 is 22.7 Å². The van der Waals surface area contributed by atoms with Gasteiger partial charge in [-0.25, -0.2) is 8.42 Å². The first-order chi connectivity index (χ1) is 14.7. The molecule has 9 heteroatoms. The van der Waals surface area contributed by atoms with Crippen LogP contribution in [0.4, 0.5) is 5.69 Å². The van der Waals surface area contributed by atoms with Gasteiger partial charge in [-0.2, -0.15) is 4.31 Å². The summed E-state index contributed by atoms with van der Waals surface area (Å²) in [5.74, 6) is -0.326. The SMILES string of the molecule is CCOc1ccc(Cl)cc1S(=O)(=O)N1CCC(C(=O)Nc2cccc(C(C)=O)c2)CC1. The standard InChI is InChI=1S/C22H25ClN2O5S/c1-3-30-20-8-7-18(23)14-21(20)31(28,29)25-11-9-16(10-12-25)22(27)24-19-6-4-5-17(13-19)15(2)26/h4-8,13-14,16H,3,9-12H2,1-2H3,(H,24,27). The molecular weight excluding hydrogens is 440 g/mol. The van der Waals surface area contributed by atoms with E-state index in [0.717, 1.165) is 0 Å². The van der Waals surface area contributed by atoms with E-state index in [9.17, 15) is 18.0 Å². The molecule has 1 fully saturated rings. The highest BCUT2D eigenvalue weighted by molar-refractivity contribution is 7.89. The van der Waals surface area contributed by atoms with Crippen molar-refractivity contribution in [2.24, 2.45) is 5.92 Å². The van der Waals surface area contributed by atoms with Crippen molar-refractivity contribution in [1.82, 2.24) is 4.31 Å². The molecule has 7 nitrogen and oxygen atoms in total. The maximum Gasteiger partial charge on any atom is 0.246 e. The molecule has 2 aromatic rings. The van der Waals surface area contributed by atoms with E-state index in [1.54, 1.807) is 43.3 Å². The summed E-state index contributed by atoms with van der Waals surface area (Å²) >= 11 is 6.02. The van der Waals surface area contributed by atoms with E-state index in [0.29, 0.717) is 35.7 Å². The summed E-state index contributed by atoms with van der Waals surface area (Å²) in [7, 11) is -3.81. The topological polar surface area (TPSA) is 92.8 Å². The van der Waals surface area contributed by atoms with Crippen molar-refractivity contribution in [2.45, 2.75) is 31.6 Å². The zero-order valence-electron chi connectivity index (χ0n) is 17.4. The number of benzene rings is 2. The lowest BCUT2D eigenvalue weighted by atomic mass is 9.97. The molecule has 0 atom stereocenters. The van der Waals surface area contributed by atoms with E-state index in [4.69, 9.17) is 16.3 Å². The van der Waals surface area contributed by atoms with Crippen LogP contribution in [0.2, 0.25) is 5.02 Å². The summed E-state index contributed by atoms with van der Waals surface area (Å²) in [5, 5.41) is 3.14. The van der Waals surface area contributed by atoms with Gasteiger partial charge in [0.2, 0.25) is 15.9 Å². The van der Waals surface area contributed by atoms with Crippen LogP contribution in [0.25, 0.3) is 0 Å². The molecule has 0 unspecified atom stereocenters. The van der Waals surface area contributed by atoms with E-state index in [1.807, 2.05) is 0 Å². The van der Waals surface area contributed by atoms with Crippen molar-refractivity contribution >= 4 is 39.0 Å². The molecule has 1 heterocycles. The van der Waals surface area contributed by atoms with Gasteiger partial charge in [0.05, 0.1) is 6.61 Å². The number of rotatable bonds is 7. The van der Waals surface area contributed by atoms with Crippen LogP contribution in [-0.2, 0) is 14.8 Å². The Bertz CT molecular complexity index is 1080. The van der Waals surface area contributed by atoms with E-state index >= 15 is 0 Å². The van der Waals surface area contributed by atoms with E-state index in [2.05, 4.69) is 5.32 Å². The van der Waals surface area contributed by atoms with Gasteiger partial charge in [0.25, 0.3) is 0 Å². The lowest BCUT2D eigenvalue weighted by Gasteiger charge is -2.31. The molecule has 0 saturated carbocycles. The van der Waals surface area contributed by atoms with E-state index < -0.39 is 10.0 Å². The highest BCUT2D eigenvalue weighted by Crippen LogP contribution is 2.32. The van der Waals surface area contributed by atoms with Crippen molar-refractivity contribution in [2.75, 3.05) is 25.0 Å². The first kappa shape index (κ1) is 23.2. The minimum absolute atomic E-state index is 0.0331.